The van der Waals surface area contributed by atoms with Crippen LogP contribution in [0.25, 0.3) is 0 Å². The molecule has 94 valence electrons. The summed E-state index contributed by atoms with van der Waals surface area (Å²) in [6.45, 7) is 6.90. The van der Waals surface area contributed by atoms with Crippen LogP contribution in [-0.4, -0.2) is 26.2 Å². The average molecular weight is 232 g/mol. The Bertz CT molecular complexity index is 362. The van der Waals surface area contributed by atoms with Crippen molar-refractivity contribution in [1.82, 2.24) is 5.32 Å². The molecule has 2 rings (SSSR count). The SMILES string of the molecule is CCc1cccc(N2CCC(NC)C(C)C2)c1. The lowest BCUT2D eigenvalue weighted by Crippen LogP contribution is -2.47. The van der Waals surface area contributed by atoms with Gasteiger partial charge in [0.15, 0.2) is 0 Å². The first kappa shape index (κ1) is 12.4. The van der Waals surface area contributed by atoms with Gasteiger partial charge in [-0.3, -0.25) is 0 Å². The predicted octanol–water partition coefficient (Wildman–Crippen LogP) is 2.68. The fourth-order valence-electron chi connectivity index (χ4n) is 2.78. The minimum Gasteiger partial charge on any atom is -0.371 e. The first-order chi connectivity index (χ1) is 8.24. The lowest BCUT2D eigenvalue weighted by atomic mass is 9.93. The lowest BCUT2D eigenvalue weighted by molar-refractivity contribution is 0.339. The number of hydrogen-bond acceptors (Lipinski definition) is 2. The summed E-state index contributed by atoms with van der Waals surface area (Å²) in [6.07, 6.45) is 2.37. The molecule has 1 aliphatic heterocycles. The molecule has 0 radical (unpaired) electrons. The molecular weight excluding hydrogens is 208 g/mol. The molecule has 1 aromatic carbocycles. The third-order valence-electron chi connectivity index (χ3n) is 3.96. The molecule has 2 atom stereocenters. The second-order valence-corrected chi connectivity index (χ2v) is 5.13. The van der Waals surface area contributed by atoms with E-state index in [1.807, 2.05) is 0 Å². The normalized spacial score (nSPS) is 25.0. The van der Waals surface area contributed by atoms with Gasteiger partial charge in [-0.1, -0.05) is 26.0 Å². The number of rotatable bonds is 3. The number of hydrogen-bond donors (Lipinski definition) is 1. The molecule has 1 aliphatic rings. The summed E-state index contributed by atoms with van der Waals surface area (Å²) in [7, 11) is 2.08. The van der Waals surface area contributed by atoms with Gasteiger partial charge >= 0.3 is 0 Å². The smallest absolute Gasteiger partial charge is 0.0369 e. The summed E-state index contributed by atoms with van der Waals surface area (Å²) in [5.41, 5.74) is 2.83. The monoisotopic (exact) mass is 232 g/mol. The Balaban J connectivity index is 2.08. The molecule has 0 aromatic heterocycles. The van der Waals surface area contributed by atoms with E-state index in [0.717, 1.165) is 12.3 Å². The molecule has 2 nitrogen and oxygen atoms in total. The summed E-state index contributed by atoms with van der Waals surface area (Å²) < 4.78 is 0. The maximum absolute atomic E-state index is 3.42. The highest BCUT2D eigenvalue weighted by Gasteiger charge is 2.24. The second-order valence-electron chi connectivity index (χ2n) is 5.13. The molecule has 1 N–H and O–H groups in total. The van der Waals surface area contributed by atoms with Crippen LogP contribution in [-0.2, 0) is 6.42 Å². The Morgan fingerprint density at radius 3 is 2.88 bits per heavy atom. The first-order valence-electron chi connectivity index (χ1n) is 6.75. The van der Waals surface area contributed by atoms with Gasteiger partial charge in [0.05, 0.1) is 0 Å². The summed E-state index contributed by atoms with van der Waals surface area (Å²) in [5.74, 6) is 0.721. The Morgan fingerprint density at radius 2 is 2.24 bits per heavy atom. The van der Waals surface area contributed by atoms with E-state index >= 15 is 0 Å². The maximum Gasteiger partial charge on any atom is 0.0369 e. The lowest BCUT2D eigenvalue weighted by Gasteiger charge is -2.38. The number of anilines is 1. The molecule has 1 saturated heterocycles. The molecule has 17 heavy (non-hydrogen) atoms. The highest BCUT2D eigenvalue weighted by Crippen LogP contribution is 2.24. The van der Waals surface area contributed by atoms with Crippen molar-refractivity contribution in [2.75, 3.05) is 25.0 Å². The van der Waals surface area contributed by atoms with Crippen molar-refractivity contribution in [2.45, 2.75) is 32.7 Å². The zero-order valence-corrected chi connectivity index (χ0v) is 11.2. The number of nitrogens with zero attached hydrogens (tertiary/aromatic N) is 1. The molecular formula is C15H24N2. The van der Waals surface area contributed by atoms with Crippen LogP contribution in [0.4, 0.5) is 5.69 Å². The van der Waals surface area contributed by atoms with Gasteiger partial charge in [0.1, 0.15) is 0 Å². The van der Waals surface area contributed by atoms with Crippen molar-refractivity contribution in [3.05, 3.63) is 29.8 Å². The molecule has 1 heterocycles. The fourth-order valence-corrected chi connectivity index (χ4v) is 2.78. The number of piperidine rings is 1. The number of aryl methyl sites for hydroxylation is 1. The van der Waals surface area contributed by atoms with Gasteiger partial charge in [-0.05, 0) is 43.5 Å². The molecule has 0 bridgehead atoms. The van der Waals surface area contributed by atoms with Crippen LogP contribution in [0.1, 0.15) is 25.8 Å². The largest absolute Gasteiger partial charge is 0.371 e. The predicted molar refractivity (Wildman–Crippen MR) is 74.7 cm³/mol. The van der Waals surface area contributed by atoms with E-state index < -0.39 is 0 Å². The zero-order valence-electron chi connectivity index (χ0n) is 11.2. The van der Waals surface area contributed by atoms with Gasteiger partial charge in [0.2, 0.25) is 0 Å². The van der Waals surface area contributed by atoms with E-state index in [1.165, 1.54) is 30.8 Å². The van der Waals surface area contributed by atoms with E-state index in [0.29, 0.717) is 6.04 Å². The maximum atomic E-state index is 3.42. The van der Waals surface area contributed by atoms with E-state index in [1.54, 1.807) is 0 Å². The molecule has 0 aliphatic carbocycles. The number of benzene rings is 1. The summed E-state index contributed by atoms with van der Waals surface area (Å²) in [6, 6.07) is 9.66. The summed E-state index contributed by atoms with van der Waals surface area (Å²) in [4.78, 5) is 2.53. The molecule has 0 spiro atoms. The standard InChI is InChI=1S/C15H24N2/c1-4-13-6-5-7-14(10-13)17-9-8-15(16-3)12(2)11-17/h5-7,10,12,15-16H,4,8-9,11H2,1-3H3. The summed E-state index contributed by atoms with van der Waals surface area (Å²) >= 11 is 0. The molecule has 1 aromatic rings. The molecule has 0 amide bonds. The van der Waals surface area contributed by atoms with Crippen LogP contribution in [0.5, 0.6) is 0 Å². The third-order valence-corrected chi connectivity index (χ3v) is 3.96. The van der Waals surface area contributed by atoms with Crippen LogP contribution in [0.15, 0.2) is 24.3 Å². The molecule has 0 saturated carbocycles. The van der Waals surface area contributed by atoms with Gasteiger partial charge in [0.25, 0.3) is 0 Å². The van der Waals surface area contributed by atoms with E-state index in [-0.39, 0.29) is 0 Å². The van der Waals surface area contributed by atoms with Crippen LogP contribution >= 0.6 is 0 Å². The van der Waals surface area contributed by atoms with E-state index in [9.17, 15) is 0 Å². The molecule has 2 unspecified atom stereocenters. The van der Waals surface area contributed by atoms with Gasteiger partial charge in [-0.25, -0.2) is 0 Å². The van der Waals surface area contributed by atoms with Crippen LogP contribution in [0.3, 0.4) is 0 Å². The quantitative estimate of drug-likeness (QED) is 0.862. The van der Waals surface area contributed by atoms with Crippen LogP contribution < -0.4 is 10.2 Å². The van der Waals surface area contributed by atoms with Crippen molar-refractivity contribution < 1.29 is 0 Å². The second kappa shape index (κ2) is 5.54. The Hall–Kier alpha value is -1.02. The van der Waals surface area contributed by atoms with Gasteiger partial charge in [-0.15, -0.1) is 0 Å². The molecule has 2 heteroatoms. The van der Waals surface area contributed by atoms with Crippen LogP contribution in [0, 0.1) is 5.92 Å². The van der Waals surface area contributed by atoms with Crippen molar-refractivity contribution in [3.8, 4) is 0 Å². The van der Waals surface area contributed by atoms with Gasteiger partial charge in [0, 0.05) is 24.8 Å². The summed E-state index contributed by atoms with van der Waals surface area (Å²) in [5, 5.41) is 3.42. The fraction of sp³-hybridized carbons (Fsp3) is 0.600. The zero-order chi connectivity index (χ0) is 12.3. The van der Waals surface area contributed by atoms with E-state index in [2.05, 4.69) is 55.4 Å². The Kier molecular flexibility index (Phi) is 4.06. The molecule has 1 fully saturated rings. The van der Waals surface area contributed by atoms with Crippen LogP contribution in [0.2, 0.25) is 0 Å². The highest BCUT2D eigenvalue weighted by atomic mass is 15.2. The Morgan fingerprint density at radius 1 is 1.41 bits per heavy atom. The number of nitrogens with one attached hydrogen (secondary N) is 1. The minimum atomic E-state index is 0.681. The average Bonchev–Trinajstić information content (AvgIpc) is 2.38. The third kappa shape index (κ3) is 2.81. The van der Waals surface area contributed by atoms with Crippen molar-refractivity contribution in [3.63, 3.8) is 0 Å². The van der Waals surface area contributed by atoms with Crippen molar-refractivity contribution >= 4 is 5.69 Å². The van der Waals surface area contributed by atoms with Crippen molar-refractivity contribution in [2.24, 2.45) is 5.92 Å². The van der Waals surface area contributed by atoms with E-state index in [4.69, 9.17) is 0 Å². The topological polar surface area (TPSA) is 15.3 Å². The van der Waals surface area contributed by atoms with Gasteiger partial charge < -0.3 is 10.2 Å². The minimum absolute atomic E-state index is 0.681. The Labute approximate surface area is 105 Å². The first-order valence-corrected chi connectivity index (χ1v) is 6.75. The van der Waals surface area contributed by atoms with Gasteiger partial charge in [-0.2, -0.15) is 0 Å². The van der Waals surface area contributed by atoms with Crippen molar-refractivity contribution in [1.29, 1.82) is 0 Å². The highest BCUT2D eigenvalue weighted by molar-refractivity contribution is 5.49.